The van der Waals surface area contributed by atoms with Gasteiger partial charge in [-0.25, -0.2) is 4.98 Å². The van der Waals surface area contributed by atoms with Crippen LogP contribution in [0.2, 0.25) is 0 Å². The zero-order valence-corrected chi connectivity index (χ0v) is 12.5. The summed E-state index contributed by atoms with van der Waals surface area (Å²) in [6.07, 6.45) is 1.64. The third-order valence-electron chi connectivity index (χ3n) is 3.66. The van der Waals surface area contributed by atoms with E-state index in [1.807, 2.05) is 23.5 Å². The Labute approximate surface area is 131 Å². The molecule has 2 heterocycles. The van der Waals surface area contributed by atoms with Crippen LogP contribution in [0.4, 0.5) is 19.0 Å². The molecule has 0 radical (unpaired) electrons. The first kappa shape index (κ1) is 15.6. The van der Waals surface area contributed by atoms with Gasteiger partial charge in [-0.1, -0.05) is 18.2 Å². The van der Waals surface area contributed by atoms with E-state index in [9.17, 15) is 13.2 Å². The van der Waals surface area contributed by atoms with E-state index >= 15 is 0 Å². The summed E-state index contributed by atoms with van der Waals surface area (Å²) < 4.78 is 42.5. The van der Waals surface area contributed by atoms with Crippen molar-refractivity contribution in [3.63, 3.8) is 0 Å². The number of halogens is 3. The normalized spacial score (nSPS) is 18.4. The average molecular weight is 323 g/mol. The van der Waals surface area contributed by atoms with Gasteiger partial charge in [-0.2, -0.15) is 0 Å². The Bertz CT molecular complexity index is 790. The minimum atomic E-state index is -4.62. The highest BCUT2D eigenvalue weighted by Gasteiger charge is 2.32. The predicted octanol–water partition coefficient (Wildman–Crippen LogP) is 3.56. The Morgan fingerprint density at radius 3 is 2.83 bits per heavy atom. The van der Waals surface area contributed by atoms with Gasteiger partial charge in [0.1, 0.15) is 11.5 Å². The van der Waals surface area contributed by atoms with Gasteiger partial charge in [0.2, 0.25) is 0 Å². The molecule has 2 aromatic rings. The van der Waals surface area contributed by atoms with Crippen molar-refractivity contribution in [3.05, 3.63) is 53.4 Å². The Hall–Kier alpha value is -2.28. The largest absolute Gasteiger partial charge is 0.523 e. The minimum Gasteiger partial charge on any atom is -0.383 e. The highest BCUT2D eigenvalue weighted by molar-refractivity contribution is 5.52. The smallest absolute Gasteiger partial charge is 0.383 e. The van der Waals surface area contributed by atoms with Crippen LogP contribution in [-0.4, -0.2) is 21.9 Å². The molecule has 0 saturated heterocycles. The number of pyridine rings is 1. The van der Waals surface area contributed by atoms with E-state index in [1.165, 1.54) is 6.08 Å². The second-order valence-corrected chi connectivity index (χ2v) is 5.55. The summed E-state index contributed by atoms with van der Waals surface area (Å²) in [6, 6.07) is 3.93. The summed E-state index contributed by atoms with van der Waals surface area (Å²) in [6.45, 7) is 1.96. The minimum absolute atomic E-state index is 0.194. The van der Waals surface area contributed by atoms with Crippen molar-refractivity contribution < 1.29 is 17.9 Å². The fourth-order valence-electron chi connectivity index (χ4n) is 2.74. The van der Waals surface area contributed by atoms with Gasteiger partial charge in [0.05, 0.1) is 12.3 Å². The third-order valence-corrected chi connectivity index (χ3v) is 3.66. The number of nitrogens with two attached hydrogens (primary N) is 1. The molecule has 2 aromatic heterocycles. The molecular weight excluding hydrogens is 307 g/mol. The number of aromatic nitrogens is 2. The van der Waals surface area contributed by atoms with Gasteiger partial charge in [0.25, 0.3) is 0 Å². The molecule has 122 valence electrons. The topological polar surface area (TPSA) is 52.5 Å². The van der Waals surface area contributed by atoms with Crippen molar-refractivity contribution >= 4 is 11.5 Å². The van der Waals surface area contributed by atoms with Gasteiger partial charge in [0, 0.05) is 12.1 Å². The molecule has 7 heteroatoms. The Morgan fingerprint density at radius 2 is 2.17 bits per heavy atom. The van der Waals surface area contributed by atoms with Crippen molar-refractivity contribution in [2.45, 2.75) is 32.2 Å². The van der Waals surface area contributed by atoms with Crippen molar-refractivity contribution in [3.8, 4) is 0 Å². The van der Waals surface area contributed by atoms with Crippen LogP contribution in [0.15, 0.2) is 42.1 Å². The number of nitrogen functional groups attached to an aromatic ring is 1. The van der Waals surface area contributed by atoms with E-state index in [0.717, 1.165) is 22.5 Å². The number of hydrogen-bond donors (Lipinski definition) is 1. The molecule has 3 rings (SSSR count). The fourth-order valence-corrected chi connectivity index (χ4v) is 2.74. The Balaban J connectivity index is 1.79. The predicted molar refractivity (Wildman–Crippen MR) is 80.8 cm³/mol. The lowest BCUT2D eigenvalue weighted by atomic mass is 10.00. The maximum Gasteiger partial charge on any atom is 0.523 e. The maximum absolute atomic E-state index is 12.2. The van der Waals surface area contributed by atoms with Crippen LogP contribution >= 0.6 is 0 Å². The van der Waals surface area contributed by atoms with Gasteiger partial charge >= 0.3 is 6.36 Å². The van der Waals surface area contributed by atoms with E-state index < -0.39 is 12.5 Å². The molecule has 0 bridgehead atoms. The quantitative estimate of drug-likeness (QED) is 0.939. The van der Waals surface area contributed by atoms with E-state index in [4.69, 9.17) is 5.73 Å². The van der Waals surface area contributed by atoms with Crippen LogP contribution in [0.1, 0.15) is 17.7 Å². The number of fused-ring (bicyclic) bond motifs is 1. The summed E-state index contributed by atoms with van der Waals surface area (Å²) in [7, 11) is 0. The highest BCUT2D eigenvalue weighted by Crippen LogP contribution is 2.25. The van der Waals surface area contributed by atoms with Crippen LogP contribution in [0, 0.1) is 6.92 Å². The summed E-state index contributed by atoms with van der Waals surface area (Å²) in [5, 5.41) is 0. The molecule has 1 aliphatic carbocycles. The number of alkyl halides is 3. The summed E-state index contributed by atoms with van der Waals surface area (Å²) in [5.41, 5.74) is 9.62. The van der Waals surface area contributed by atoms with Crippen molar-refractivity contribution in [1.82, 2.24) is 9.38 Å². The number of imidazole rings is 1. The molecule has 0 saturated carbocycles. The molecule has 0 aromatic carbocycles. The Kier molecular flexibility index (Phi) is 3.89. The zero-order chi connectivity index (χ0) is 16.6. The number of allylic oxidation sites excluding steroid dienone is 2. The molecule has 0 spiro atoms. The molecule has 4 nitrogen and oxygen atoms in total. The summed E-state index contributed by atoms with van der Waals surface area (Å²) in [4.78, 5) is 4.24. The maximum atomic E-state index is 12.2. The van der Waals surface area contributed by atoms with Gasteiger partial charge in [-0.15, -0.1) is 13.2 Å². The molecule has 2 N–H and O–H groups in total. The highest BCUT2D eigenvalue weighted by atomic mass is 19.4. The molecular formula is C16H16F3N3O. The number of nitrogens with zero attached hydrogens (tertiary/aromatic N) is 2. The monoisotopic (exact) mass is 323 g/mol. The second-order valence-electron chi connectivity index (χ2n) is 5.55. The molecule has 1 atom stereocenters. The van der Waals surface area contributed by atoms with Crippen LogP contribution < -0.4 is 5.73 Å². The molecule has 0 fully saturated rings. The SMILES string of the molecule is Cc1cc(CC2=CCC(OC(F)(F)F)C=C2)n2c(N)cnc2c1. The van der Waals surface area contributed by atoms with Crippen LogP contribution in [0.5, 0.6) is 0 Å². The first-order valence-electron chi connectivity index (χ1n) is 7.16. The van der Waals surface area contributed by atoms with E-state index in [0.29, 0.717) is 12.2 Å². The number of hydrogen-bond acceptors (Lipinski definition) is 3. The molecule has 23 heavy (non-hydrogen) atoms. The zero-order valence-electron chi connectivity index (χ0n) is 12.5. The third kappa shape index (κ3) is 3.56. The van der Waals surface area contributed by atoms with Crippen LogP contribution in [-0.2, 0) is 11.2 Å². The number of aryl methyl sites for hydroxylation is 1. The van der Waals surface area contributed by atoms with Gasteiger partial charge in [-0.3, -0.25) is 9.14 Å². The van der Waals surface area contributed by atoms with E-state index in [1.54, 1.807) is 18.3 Å². The molecule has 1 aliphatic rings. The summed E-state index contributed by atoms with van der Waals surface area (Å²) >= 11 is 0. The molecule has 0 aliphatic heterocycles. The van der Waals surface area contributed by atoms with Crippen LogP contribution in [0.3, 0.4) is 0 Å². The van der Waals surface area contributed by atoms with Gasteiger partial charge in [-0.05, 0) is 36.6 Å². The standard InChI is InChI=1S/C16H16F3N3O/c1-10-6-12(22-14(20)9-21-15(22)7-10)8-11-2-4-13(5-3-11)23-16(17,18)19/h2-4,6-7,9,13H,5,8,20H2,1H3. The number of anilines is 1. The number of ether oxygens (including phenoxy) is 1. The first-order chi connectivity index (χ1) is 10.8. The van der Waals surface area contributed by atoms with E-state index in [-0.39, 0.29) is 6.42 Å². The average Bonchev–Trinajstić information content (AvgIpc) is 2.81. The van der Waals surface area contributed by atoms with Crippen molar-refractivity contribution in [1.29, 1.82) is 0 Å². The lowest BCUT2D eigenvalue weighted by Crippen LogP contribution is -2.23. The molecule has 0 amide bonds. The molecule has 1 unspecified atom stereocenters. The van der Waals surface area contributed by atoms with Crippen LogP contribution in [0.25, 0.3) is 5.65 Å². The second kappa shape index (κ2) is 5.73. The van der Waals surface area contributed by atoms with Crippen molar-refractivity contribution in [2.24, 2.45) is 0 Å². The number of rotatable bonds is 3. The fraction of sp³-hybridized carbons (Fsp3) is 0.312. The lowest BCUT2D eigenvalue weighted by Gasteiger charge is -2.19. The van der Waals surface area contributed by atoms with Crippen molar-refractivity contribution in [2.75, 3.05) is 5.73 Å². The van der Waals surface area contributed by atoms with E-state index in [2.05, 4.69) is 9.72 Å². The van der Waals surface area contributed by atoms with Gasteiger partial charge in [0.15, 0.2) is 0 Å². The summed E-state index contributed by atoms with van der Waals surface area (Å²) in [5.74, 6) is 0.536. The Morgan fingerprint density at radius 1 is 1.39 bits per heavy atom. The lowest BCUT2D eigenvalue weighted by molar-refractivity contribution is -0.336. The van der Waals surface area contributed by atoms with Gasteiger partial charge < -0.3 is 5.73 Å². The first-order valence-corrected chi connectivity index (χ1v) is 7.16.